The van der Waals surface area contributed by atoms with E-state index in [-0.39, 0.29) is 11.9 Å². The minimum Gasteiger partial charge on any atom is -0.350 e. The van der Waals surface area contributed by atoms with Gasteiger partial charge in [0.25, 0.3) is 0 Å². The van der Waals surface area contributed by atoms with Crippen LogP contribution in [0, 0.1) is 0 Å². The van der Waals surface area contributed by atoms with E-state index in [2.05, 4.69) is 14.9 Å². The van der Waals surface area contributed by atoms with Gasteiger partial charge in [-0.05, 0) is 47.9 Å². The zero-order valence-corrected chi connectivity index (χ0v) is 17.5. The van der Waals surface area contributed by atoms with Crippen LogP contribution in [0.5, 0.6) is 0 Å². The standard InChI is InChI=1S/C24H23ClN4O/c1-2-21(24(30)27-16-17-11-13-26-14-12-17)29-22-10-6-5-9-20(22)28-23(29)15-18-7-3-4-8-19(18)25/h3-14,21H,2,15-16H2,1H3,(H,27,30). The van der Waals surface area contributed by atoms with Crippen LogP contribution in [0.15, 0.2) is 73.1 Å². The molecular formula is C24H23ClN4O. The fourth-order valence-corrected chi connectivity index (χ4v) is 3.87. The van der Waals surface area contributed by atoms with Crippen LogP contribution in [0.3, 0.4) is 0 Å². The number of hydrogen-bond acceptors (Lipinski definition) is 3. The molecular weight excluding hydrogens is 396 g/mol. The number of hydrogen-bond donors (Lipinski definition) is 1. The van der Waals surface area contributed by atoms with E-state index >= 15 is 0 Å². The van der Waals surface area contributed by atoms with Crippen molar-refractivity contribution in [3.63, 3.8) is 0 Å². The van der Waals surface area contributed by atoms with E-state index in [1.165, 1.54) is 0 Å². The van der Waals surface area contributed by atoms with Crippen LogP contribution >= 0.6 is 11.6 Å². The predicted molar refractivity (Wildman–Crippen MR) is 119 cm³/mol. The third-order valence-corrected chi connectivity index (χ3v) is 5.56. The minimum atomic E-state index is -0.364. The zero-order valence-electron chi connectivity index (χ0n) is 16.8. The van der Waals surface area contributed by atoms with Crippen LogP contribution in [0.1, 0.15) is 36.3 Å². The number of carbonyl (C=O) groups is 1. The molecule has 0 radical (unpaired) electrons. The molecule has 152 valence electrons. The Balaban J connectivity index is 1.68. The van der Waals surface area contributed by atoms with Crippen LogP contribution in [0.4, 0.5) is 0 Å². The topological polar surface area (TPSA) is 59.8 Å². The molecule has 2 heterocycles. The van der Waals surface area contributed by atoms with Crippen molar-refractivity contribution in [1.29, 1.82) is 0 Å². The quantitative estimate of drug-likeness (QED) is 0.462. The molecule has 0 saturated heterocycles. The lowest BCUT2D eigenvalue weighted by Gasteiger charge is -2.20. The van der Waals surface area contributed by atoms with Gasteiger partial charge in [-0.3, -0.25) is 9.78 Å². The summed E-state index contributed by atoms with van der Waals surface area (Å²) < 4.78 is 2.06. The van der Waals surface area contributed by atoms with Gasteiger partial charge in [0.05, 0.1) is 11.0 Å². The van der Waals surface area contributed by atoms with Gasteiger partial charge in [0, 0.05) is 30.4 Å². The van der Waals surface area contributed by atoms with E-state index in [9.17, 15) is 4.79 Å². The number of pyridine rings is 1. The molecule has 0 fully saturated rings. The summed E-state index contributed by atoms with van der Waals surface area (Å²) >= 11 is 6.40. The second-order valence-corrected chi connectivity index (χ2v) is 7.56. The first-order valence-corrected chi connectivity index (χ1v) is 10.4. The number of benzene rings is 2. The maximum absolute atomic E-state index is 13.2. The average Bonchev–Trinajstić information content (AvgIpc) is 3.13. The smallest absolute Gasteiger partial charge is 0.243 e. The molecule has 1 atom stereocenters. The third-order valence-electron chi connectivity index (χ3n) is 5.19. The summed E-state index contributed by atoms with van der Waals surface area (Å²) in [6.45, 7) is 2.48. The molecule has 0 spiro atoms. The lowest BCUT2D eigenvalue weighted by atomic mass is 10.1. The summed E-state index contributed by atoms with van der Waals surface area (Å²) in [5.74, 6) is 0.799. The van der Waals surface area contributed by atoms with Crippen LogP contribution < -0.4 is 5.32 Å². The van der Waals surface area contributed by atoms with E-state index in [1.807, 2.05) is 67.6 Å². The molecule has 2 aromatic carbocycles. The minimum absolute atomic E-state index is 0.0297. The van der Waals surface area contributed by atoms with Crippen molar-refractivity contribution in [3.05, 3.63) is 95.0 Å². The van der Waals surface area contributed by atoms with E-state index in [0.717, 1.165) is 28.0 Å². The maximum atomic E-state index is 13.2. The fraction of sp³-hybridized carbons (Fsp3) is 0.208. The van der Waals surface area contributed by atoms with Gasteiger partial charge in [0.1, 0.15) is 11.9 Å². The van der Waals surface area contributed by atoms with Crippen LogP contribution in [-0.2, 0) is 17.8 Å². The summed E-state index contributed by atoms with van der Waals surface area (Å²) in [5.41, 5.74) is 3.83. The number of halogens is 1. The lowest BCUT2D eigenvalue weighted by molar-refractivity contribution is -0.124. The van der Waals surface area contributed by atoms with Crippen molar-refractivity contribution >= 4 is 28.5 Å². The second-order valence-electron chi connectivity index (χ2n) is 7.15. The van der Waals surface area contributed by atoms with E-state index in [0.29, 0.717) is 24.4 Å². The van der Waals surface area contributed by atoms with Crippen molar-refractivity contribution < 1.29 is 4.79 Å². The van der Waals surface area contributed by atoms with Crippen molar-refractivity contribution in [2.24, 2.45) is 0 Å². The summed E-state index contributed by atoms with van der Waals surface area (Å²) in [7, 11) is 0. The van der Waals surface area contributed by atoms with Gasteiger partial charge >= 0.3 is 0 Å². The van der Waals surface area contributed by atoms with Gasteiger partial charge in [-0.1, -0.05) is 48.9 Å². The number of nitrogens with one attached hydrogen (secondary N) is 1. The highest BCUT2D eigenvalue weighted by molar-refractivity contribution is 6.31. The van der Waals surface area contributed by atoms with E-state index < -0.39 is 0 Å². The number of carbonyl (C=O) groups excluding carboxylic acids is 1. The Labute approximate surface area is 180 Å². The Kier molecular flexibility index (Phi) is 6.10. The molecule has 6 heteroatoms. The molecule has 5 nitrogen and oxygen atoms in total. The van der Waals surface area contributed by atoms with Crippen LogP contribution in [-0.4, -0.2) is 20.4 Å². The number of fused-ring (bicyclic) bond motifs is 1. The van der Waals surface area contributed by atoms with Crippen molar-refractivity contribution in [2.45, 2.75) is 32.4 Å². The summed E-state index contributed by atoms with van der Waals surface area (Å²) in [4.78, 5) is 22.0. The van der Waals surface area contributed by atoms with Gasteiger partial charge in [-0.25, -0.2) is 4.98 Å². The van der Waals surface area contributed by atoms with E-state index in [4.69, 9.17) is 16.6 Å². The molecule has 0 saturated carbocycles. The first kappa shape index (κ1) is 20.1. The monoisotopic (exact) mass is 418 g/mol. The molecule has 30 heavy (non-hydrogen) atoms. The van der Waals surface area contributed by atoms with Gasteiger partial charge in [-0.2, -0.15) is 0 Å². The Morgan fingerprint density at radius 3 is 2.57 bits per heavy atom. The van der Waals surface area contributed by atoms with Gasteiger partial charge in [0.2, 0.25) is 5.91 Å². The zero-order chi connectivity index (χ0) is 20.9. The van der Waals surface area contributed by atoms with Crippen molar-refractivity contribution in [3.8, 4) is 0 Å². The first-order valence-electron chi connectivity index (χ1n) is 10.0. The Morgan fingerprint density at radius 1 is 1.07 bits per heavy atom. The molecule has 0 aliphatic carbocycles. The number of para-hydroxylation sites is 2. The molecule has 4 aromatic rings. The Bertz CT molecular complexity index is 1160. The fourth-order valence-electron chi connectivity index (χ4n) is 3.67. The largest absolute Gasteiger partial charge is 0.350 e. The number of nitrogens with zero attached hydrogens (tertiary/aromatic N) is 3. The molecule has 0 aliphatic rings. The molecule has 2 aromatic heterocycles. The van der Waals surface area contributed by atoms with Crippen LogP contribution in [0.25, 0.3) is 11.0 Å². The highest BCUT2D eigenvalue weighted by Crippen LogP contribution is 2.27. The molecule has 1 unspecified atom stereocenters. The normalized spacial score (nSPS) is 12.1. The van der Waals surface area contributed by atoms with Gasteiger partial charge < -0.3 is 9.88 Å². The number of amides is 1. The number of rotatable bonds is 7. The second kappa shape index (κ2) is 9.09. The Hall–Kier alpha value is -3.18. The Morgan fingerprint density at radius 2 is 1.80 bits per heavy atom. The van der Waals surface area contributed by atoms with Gasteiger partial charge in [0.15, 0.2) is 0 Å². The lowest BCUT2D eigenvalue weighted by Crippen LogP contribution is -2.32. The third kappa shape index (κ3) is 4.21. The maximum Gasteiger partial charge on any atom is 0.243 e. The molecule has 1 N–H and O–H groups in total. The molecule has 4 rings (SSSR count). The first-order chi connectivity index (χ1) is 14.7. The number of imidazole rings is 1. The number of aromatic nitrogens is 3. The molecule has 1 amide bonds. The highest BCUT2D eigenvalue weighted by Gasteiger charge is 2.24. The van der Waals surface area contributed by atoms with E-state index in [1.54, 1.807) is 12.4 Å². The van der Waals surface area contributed by atoms with Crippen LogP contribution in [0.2, 0.25) is 5.02 Å². The highest BCUT2D eigenvalue weighted by atomic mass is 35.5. The van der Waals surface area contributed by atoms with Crippen molar-refractivity contribution in [2.75, 3.05) is 0 Å². The predicted octanol–water partition coefficient (Wildman–Crippen LogP) is 4.94. The molecule has 0 bridgehead atoms. The van der Waals surface area contributed by atoms with Crippen molar-refractivity contribution in [1.82, 2.24) is 19.9 Å². The summed E-state index contributed by atoms with van der Waals surface area (Å²) in [6, 6.07) is 19.1. The SMILES string of the molecule is CCC(C(=O)NCc1ccncc1)n1c(Cc2ccccc2Cl)nc2ccccc21. The summed E-state index contributed by atoms with van der Waals surface area (Å²) in [5, 5.41) is 3.76. The molecule has 0 aliphatic heterocycles. The van der Waals surface area contributed by atoms with Gasteiger partial charge in [-0.15, -0.1) is 0 Å². The summed E-state index contributed by atoms with van der Waals surface area (Å²) in [6.07, 6.45) is 4.66. The average molecular weight is 419 g/mol.